The zero-order valence-electron chi connectivity index (χ0n) is 12.3. The lowest BCUT2D eigenvalue weighted by Crippen LogP contribution is -2.23. The summed E-state index contributed by atoms with van der Waals surface area (Å²) in [5.74, 6) is 0.743. The van der Waals surface area contributed by atoms with Crippen molar-refractivity contribution < 1.29 is 4.79 Å². The Morgan fingerprint density at radius 2 is 2.24 bits per heavy atom. The minimum absolute atomic E-state index is 0.0202. The first kappa shape index (κ1) is 14.9. The highest BCUT2D eigenvalue weighted by atomic mass is 16.1. The number of carbonyl (C=O) groups excluding carboxylic acids is 1. The maximum absolute atomic E-state index is 11.9. The first-order valence-electron chi connectivity index (χ1n) is 7.09. The molecule has 1 aromatic carbocycles. The van der Waals surface area contributed by atoms with Crippen LogP contribution in [-0.2, 0) is 0 Å². The van der Waals surface area contributed by atoms with Gasteiger partial charge in [-0.25, -0.2) is 4.98 Å². The average molecular weight is 287 g/mol. The van der Waals surface area contributed by atoms with E-state index in [1.165, 1.54) is 0 Å². The Bertz CT molecular complexity index is 594. The summed E-state index contributed by atoms with van der Waals surface area (Å²) < 4.78 is 0. The number of amides is 1. The summed E-state index contributed by atoms with van der Waals surface area (Å²) in [5, 5.41) is 6.12. The van der Waals surface area contributed by atoms with Gasteiger partial charge in [-0.05, 0) is 31.5 Å². The molecule has 2 aromatic rings. The van der Waals surface area contributed by atoms with Gasteiger partial charge < -0.3 is 21.4 Å². The summed E-state index contributed by atoms with van der Waals surface area (Å²) in [7, 11) is 0. The minimum Gasteiger partial charge on any atom is -0.397 e. The molecule has 6 nitrogen and oxygen atoms in total. The molecule has 1 unspecified atom stereocenters. The third-order valence-corrected chi connectivity index (χ3v) is 3.24. The fraction of sp³-hybridized carbons (Fsp3) is 0.333. The number of hydrogen-bond donors (Lipinski definition) is 4. The van der Waals surface area contributed by atoms with Crippen molar-refractivity contribution in [1.29, 1.82) is 0 Å². The second-order valence-electron chi connectivity index (χ2n) is 4.74. The number of nitrogen functional groups attached to an aromatic ring is 1. The van der Waals surface area contributed by atoms with Gasteiger partial charge in [0.25, 0.3) is 5.91 Å². The Balaban J connectivity index is 2.22. The van der Waals surface area contributed by atoms with E-state index < -0.39 is 0 Å². The SMILES string of the molecule is CCNC(=O)c1ccc(N)c(NC(CC)c2ncc[nH]2)c1. The van der Waals surface area contributed by atoms with Crippen LogP contribution in [0.15, 0.2) is 30.6 Å². The number of nitrogens with one attached hydrogen (secondary N) is 3. The molecule has 112 valence electrons. The zero-order valence-corrected chi connectivity index (χ0v) is 12.3. The lowest BCUT2D eigenvalue weighted by atomic mass is 10.1. The van der Waals surface area contributed by atoms with Gasteiger partial charge in [0.05, 0.1) is 17.4 Å². The van der Waals surface area contributed by atoms with Gasteiger partial charge in [0, 0.05) is 24.5 Å². The Morgan fingerprint density at radius 3 is 2.86 bits per heavy atom. The van der Waals surface area contributed by atoms with Crippen molar-refractivity contribution in [3.63, 3.8) is 0 Å². The Hall–Kier alpha value is -2.50. The summed E-state index contributed by atoms with van der Waals surface area (Å²) in [6, 6.07) is 5.25. The van der Waals surface area contributed by atoms with Crippen LogP contribution in [0.4, 0.5) is 11.4 Å². The summed E-state index contributed by atoms with van der Waals surface area (Å²) in [6.45, 7) is 4.54. The molecule has 1 heterocycles. The van der Waals surface area contributed by atoms with Crippen LogP contribution >= 0.6 is 0 Å². The molecule has 2 rings (SSSR count). The maximum Gasteiger partial charge on any atom is 0.251 e. The second kappa shape index (κ2) is 6.78. The van der Waals surface area contributed by atoms with Gasteiger partial charge in [0.1, 0.15) is 5.82 Å². The molecule has 0 fully saturated rings. The highest BCUT2D eigenvalue weighted by Crippen LogP contribution is 2.26. The predicted octanol–water partition coefficient (Wildman–Crippen LogP) is 2.30. The molecule has 21 heavy (non-hydrogen) atoms. The molecule has 1 amide bonds. The Labute approximate surface area is 124 Å². The molecule has 1 aromatic heterocycles. The molecular formula is C15H21N5O. The Kier molecular flexibility index (Phi) is 4.81. The van der Waals surface area contributed by atoms with E-state index in [1.807, 2.05) is 6.92 Å². The lowest BCUT2D eigenvalue weighted by molar-refractivity contribution is 0.0956. The van der Waals surface area contributed by atoms with E-state index >= 15 is 0 Å². The van der Waals surface area contributed by atoms with Crippen molar-refractivity contribution in [3.8, 4) is 0 Å². The molecule has 0 aliphatic rings. The van der Waals surface area contributed by atoms with Crippen LogP contribution in [0.1, 0.15) is 42.5 Å². The van der Waals surface area contributed by atoms with E-state index in [0.29, 0.717) is 17.8 Å². The lowest BCUT2D eigenvalue weighted by Gasteiger charge is -2.18. The van der Waals surface area contributed by atoms with Crippen LogP contribution in [0, 0.1) is 0 Å². The van der Waals surface area contributed by atoms with Gasteiger partial charge in [0.2, 0.25) is 0 Å². The van der Waals surface area contributed by atoms with Crippen molar-refractivity contribution in [3.05, 3.63) is 42.0 Å². The Morgan fingerprint density at radius 1 is 1.43 bits per heavy atom. The maximum atomic E-state index is 11.9. The van der Waals surface area contributed by atoms with E-state index in [0.717, 1.165) is 17.9 Å². The van der Waals surface area contributed by atoms with Crippen molar-refractivity contribution in [2.45, 2.75) is 26.3 Å². The number of nitrogens with two attached hydrogens (primary N) is 1. The van der Waals surface area contributed by atoms with Crippen molar-refractivity contribution in [2.75, 3.05) is 17.6 Å². The molecule has 0 radical (unpaired) electrons. The predicted molar refractivity (Wildman–Crippen MR) is 84.1 cm³/mol. The molecule has 5 N–H and O–H groups in total. The quantitative estimate of drug-likeness (QED) is 0.613. The molecule has 0 aliphatic carbocycles. The van der Waals surface area contributed by atoms with Crippen LogP contribution in [0.2, 0.25) is 0 Å². The fourth-order valence-electron chi connectivity index (χ4n) is 2.10. The zero-order chi connectivity index (χ0) is 15.2. The molecular weight excluding hydrogens is 266 g/mol. The van der Waals surface area contributed by atoms with E-state index in [4.69, 9.17) is 5.73 Å². The molecule has 0 bridgehead atoms. The van der Waals surface area contributed by atoms with Crippen LogP contribution < -0.4 is 16.4 Å². The second-order valence-corrected chi connectivity index (χ2v) is 4.74. The van der Waals surface area contributed by atoms with Crippen molar-refractivity contribution in [2.24, 2.45) is 0 Å². The normalized spacial score (nSPS) is 11.9. The molecule has 0 spiro atoms. The first-order valence-corrected chi connectivity index (χ1v) is 7.09. The summed E-state index contributed by atoms with van der Waals surface area (Å²) in [4.78, 5) is 19.2. The van der Waals surface area contributed by atoms with E-state index in [-0.39, 0.29) is 11.9 Å². The van der Waals surface area contributed by atoms with Gasteiger partial charge in [-0.15, -0.1) is 0 Å². The van der Waals surface area contributed by atoms with Crippen molar-refractivity contribution >= 4 is 17.3 Å². The summed E-state index contributed by atoms with van der Waals surface area (Å²) in [5.41, 5.74) is 7.92. The monoisotopic (exact) mass is 287 g/mol. The minimum atomic E-state index is -0.105. The number of nitrogens with zero attached hydrogens (tertiary/aromatic N) is 1. The van der Waals surface area contributed by atoms with Crippen LogP contribution in [0.3, 0.4) is 0 Å². The smallest absolute Gasteiger partial charge is 0.251 e. The van der Waals surface area contributed by atoms with Gasteiger partial charge >= 0.3 is 0 Å². The molecule has 0 saturated heterocycles. The largest absolute Gasteiger partial charge is 0.397 e. The third kappa shape index (κ3) is 3.53. The molecule has 1 atom stereocenters. The fourth-order valence-corrected chi connectivity index (χ4v) is 2.10. The van der Waals surface area contributed by atoms with E-state index in [2.05, 4.69) is 27.5 Å². The number of rotatable bonds is 6. The summed E-state index contributed by atoms with van der Waals surface area (Å²) in [6.07, 6.45) is 4.35. The standard InChI is InChI=1S/C15H21N5O/c1-3-12(14-18-7-8-19-14)20-13-9-10(5-6-11(13)16)15(21)17-4-2/h5-9,12,20H,3-4,16H2,1-2H3,(H,17,21)(H,18,19). The highest BCUT2D eigenvalue weighted by Gasteiger charge is 2.14. The number of hydrogen-bond acceptors (Lipinski definition) is 4. The number of aromatic amines is 1. The third-order valence-electron chi connectivity index (χ3n) is 3.24. The number of carbonyl (C=O) groups is 1. The van der Waals surface area contributed by atoms with E-state index in [1.54, 1.807) is 30.6 Å². The summed E-state index contributed by atoms with van der Waals surface area (Å²) >= 11 is 0. The number of benzene rings is 1. The molecule has 6 heteroatoms. The van der Waals surface area contributed by atoms with Crippen LogP contribution in [0.5, 0.6) is 0 Å². The number of imidazole rings is 1. The van der Waals surface area contributed by atoms with Crippen LogP contribution in [-0.4, -0.2) is 22.4 Å². The number of anilines is 2. The van der Waals surface area contributed by atoms with Crippen LogP contribution in [0.25, 0.3) is 0 Å². The number of aromatic nitrogens is 2. The van der Waals surface area contributed by atoms with Gasteiger partial charge in [0.15, 0.2) is 0 Å². The van der Waals surface area contributed by atoms with Gasteiger partial charge in [-0.1, -0.05) is 6.92 Å². The van der Waals surface area contributed by atoms with Crippen molar-refractivity contribution in [1.82, 2.24) is 15.3 Å². The van der Waals surface area contributed by atoms with Gasteiger partial charge in [-0.2, -0.15) is 0 Å². The number of H-pyrrole nitrogens is 1. The topological polar surface area (TPSA) is 95.8 Å². The molecule has 0 aliphatic heterocycles. The molecule has 0 saturated carbocycles. The first-order chi connectivity index (χ1) is 10.2. The van der Waals surface area contributed by atoms with Gasteiger partial charge in [-0.3, -0.25) is 4.79 Å². The highest BCUT2D eigenvalue weighted by molar-refractivity contribution is 5.96. The van der Waals surface area contributed by atoms with E-state index in [9.17, 15) is 4.79 Å². The average Bonchev–Trinajstić information content (AvgIpc) is 3.00.